The van der Waals surface area contributed by atoms with Gasteiger partial charge >= 0.3 is 0 Å². The number of carbonyl (C=O) groups excluding carboxylic acids is 1. The molecule has 2 rings (SSSR count). The Labute approximate surface area is 140 Å². The van der Waals surface area contributed by atoms with E-state index in [-0.39, 0.29) is 17.4 Å². The van der Waals surface area contributed by atoms with Gasteiger partial charge in [0.2, 0.25) is 5.91 Å². The lowest BCUT2D eigenvalue weighted by molar-refractivity contribution is -0.130. The topological polar surface area (TPSA) is 49.3 Å². The highest BCUT2D eigenvalue weighted by atomic mass is 16.3. The smallest absolute Gasteiger partial charge is 0.225 e. The summed E-state index contributed by atoms with van der Waals surface area (Å²) in [5.74, 6) is 0.577. The summed E-state index contributed by atoms with van der Waals surface area (Å²) < 4.78 is 0. The Morgan fingerprint density at radius 1 is 1.26 bits per heavy atom. The van der Waals surface area contributed by atoms with Gasteiger partial charge in [0.15, 0.2) is 0 Å². The molecular weight excluding hydrogens is 286 g/mol. The molecule has 0 radical (unpaired) electrons. The fourth-order valence-corrected chi connectivity index (χ4v) is 3.42. The van der Waals surface area contributed by atoms with Crippen molar-refractivity contribution in [3.05, 3.63) is 35.9 Å². The van der Waals surface area contributed by atoms with Gasteiger partial charge in [0.1, 0.15) is 0 Å². The fraction of sp³-hybridized carbons (Fsp3) is 0.650. The molecule has 3 heteroatoms. The largest absolute Gasteiger partial charge is 0.393 e. The highest BCUT2D eigenvalue weighted by molar-refractivity contribution is 5.81. The van der Waals surface area contributed by atoms with Gasteiger partial charge in [-0.15, -0.1) is 0 Å². The van der Waals surface area contributed by atoms with E-state index in [0.717, 1.165) is 44.9 Å². The third-order valence-electron chi connectivity index (χ3n) is 5.03. The number of rotatable bonds is 7. The highest BCUT2D eigenvalue weighted by Crippen LogP contribution is 2.26. The minimum Gasteiger partial charge on any atom is -0.393 e. The third kappa shape index (κ3) is 5.98. The van der Waals surface area contributed by atoms with E-state index in [0.29, 0.717) is 12.5 Å². The van der Waals surface area contributed by atoms with E-state index in [2.05, 4.69) is 29.6 Å². The molecule has 1 aliphatic carbocycles. The van der Waals surface area contributed by atoms with E-state index >= 15 is 0 Å². The zero-order chi connectivity index (χ0) is 16.7. The molecule has 3 nitrogen and oxygen atoms in total. The van der Waals surface area contributed by atoms with Crippen LogP contribution in [0.4, 0.5) is 0 Å². The second kappa shape index (κ2) is 8.49. The number of aliphatic hydroxyl groups excluding tert-OH is 1. The van der Waals surface area contributed by atoms with E-state index in [1.54, 1.807) is 0 Å². The minimum atomic E-state index is -0.331. The molecule has 1 fully saturated rings. The molecular formula is C20H31NO2. The summed E-state index contributed by atoms with van der Waals surface area (Å²) in [5, 5.41) is 12.8. The molecule has 1 aliphatic rings. The van der Waals surface area contributed by atoms with Crippen molar-refractivity contribution in [1.82, 2.24) is 5.32 Å². The second-order valence-electron chi connectivity index (χ2n) is 7.62. The summed E-state index contributed by atoms with van der Waals surface area (Å²) in [6, 6.07) is 10.4. The van der Waals surface area contributed by atoms with E-state index in [9.17, 15) is 9.90 Å². The van der Waals surface area contributed by atoms with Crippen molar-refractivity contribution in [3.8, 4) is 0 Å². The predicted octanol–water partition coefficient (Wildman–Crippen LogP) is 3.70. The lowest BCUT2D eigenvalue weighted by atomic mass is 9.84. The summed E-state index contributed by atoms with van der Waals surface area (Å²) in [6.45, 7) is 4.77. The molecule has 2 N–H and O–H groups in total. The average molecular weight is 317 g/mol. The summed E-state index contributed by atoms with van der Waals surface area (Å²) in [4.78, 5) is 12.5. The Morgan fingerprint density at radius 3 is 2.70 bits per heavy atom. The zero-order valence-electron chi connectivity index (χ0n) is 14.6. The van der Waals surface area contributed by atoms with Crippen LogP contribution in [0.1, 0.15) is 57.9 Å². The van der Waals surface area contributed by atoms with Gasteiger partial charge in [-0.05, 0) is 50.0 Å². The van der Waals surface area contributed by atoms with Crippen molar-refractivity contribution >= 4 is 5.91 Å². The Kier molecular flexibility index (Phi) is 6.64. The summed E-state index contributed by atoms with van der Waals surface area (Å²) in [6.07, 6.45) is 6.68. The molecule has 0 heterocycles. The van der Waals surface area contributed by atoms with Gasteiger partial charge in [0.25, 0.3) is 0 Å². The van der Waals surface area contributed by atoms with Crippen molar-refractivity contribution in [2.75, 3.05) is 6.54 Å². The van der Waals surface area contributed by atoms with Gasteiger partial charge in [-0.1, -0.05) is 50.6 Å². The van der Waals surface area contributed by atoms with Gasteiger partial charge in [-0.3, -0.25) is 4.79 Å². The number of carbonyl (C=O) groups is 1. The molecule has 1 aromatic rings. The fourth-order valence-electron chi connectivity index (χ4n) is 3.42. The second-order valence-corrected chi connectivity index (χ2v) is 7.62. The Morgan fingerprint density at radius 2 is 2.00 bits per heavy atom. The number of nitrogens with one attached hydrogen (secondary N) is 1. The highest BCUT2D eigenvalue weighted by Gasteiger charge is 2.28. The SMILES string of the molecule is CC(C)(CCCc1ccccc1)C(=O)NCC1CCCC(O)C1. The van der Waals surface area contributed by atoms with Crippen LogP contribution in [0.5, 0.6) is 0 Å². The molecule has 2 unspecified atom stereocenters. The van der Waals surface area contributed by atoms with Gasteiger partial charge in [0, 0.05) is 12.0 Å². The Bertz CT molecular complexity index is 484. The van der Waals surface area contributed by atoms with Crippen molar-refractivity contribution in [3.63, 3.8) is 0 Å². The van der Waals surface area contributed by atoms with Crippen LogP contribution in [0.2, 0.25) is 0 Å². The van der Waals surface area contributed by atoms with Crippen LogP contribution in [0.3, 0.4) is 0 Å². The van der Waals surface area contributed by atoms with Gasteiger partial charge < -0.3 is 10.4 Å². The molecule has 0 aliphatic heterocycles. The molecule has 1 aromatic carbocycles. The van der Waals surface area contributed by atoms with Crippen LogP contribution < -0.4 is 5.32 Å². The summed E-state index contributed by atoms with van der Waals surface area (Å²) >= 11 is 0. The molecule has 1 amide bonds. The first-order valence-corrected chi connectivity index (χ1v) is 8.97. The molecule has 1 saturated carbocycles. The maximum Gasteiger partial charge on any atom is 0.225 e. The first-order chi connectivity index (χ1) is 11.0. The molecule has 23 heavy (non-hydrogen) atoms. The molecule has 0 bridgehead atoms. The number of hydrogen-bond donors (Lipinski definition) is 2. The maximum absolute atomic E-state index is 12.5. The third-order valence-corrected chi connectivity index (χ3v) is 5.03. The zero-order valence-corrected chi connectivity index (χ0v) is 14.6. The van der Waals surface area contributed by atoms with Crippen LogP contribution in [0, 0.1) is 11.3 Å². The summed E-state index contributed by atoms with van der Waals surface area (Å²) in [5.41, 5.74) is 1.00. The van der Waals surface area contributed by atoms with Crippen LogP contribution in [0.15, 0.2) is 30.3 Å². The van der Waals surface area contributed by atoms with Crippen molar-refractivity contribution in [2.24, 2.45) is 11.3 Å². The molecule has 128 valence electrons. The number of aliphatic hydroxyl groups is 1. The molecule has 0 aromatic heterocycles. The van der Waals surface area contributed by atoms with Crippen LogP contribution in [0.25, 0.3) is 0 Å². The van der Waals surface area contributed by atoms with E-state index in [1.165, 1.54) is 5.56 Å². The average Bonchev–Trinajstić information content (AvgIpc) is 2.53. The normalized spacial score (nSPS) is 21.9. The molecule has 0 saturated heterocycles. The van der Waals surface area contributed by atoms with Crippen LogP contribution in [-0.2, 0) is 11.2 Å². The maximum atomic E-state index is 12.5. The number of aryl methyl sites for hydroxylation is 1. The first kappa shape index (κ1) is 18.0. The molecule has 0 spiro atoms. The number of benzene rings is 1. The Hall–Kier alpha value is -1.35. The minimum absolute atomic E-state index is 0.144. The standard InChI is InChI=1S/C20H31NO2/c1-20(2,13-7-11-16-8-4-3-5-9-16)19(23)21-15-17-10-6-12-18(22)14-17/h3-5,8-9,17-18,22H,6-7,10-15H2,1-2H3,(H,21,23). The van der Waals surface area contributed by atoms with Crippen molar-refractivity contribution in [1.29, 1.82) is 0 Å². The van der Waals surface area contributed by atoms with Gasteiger partial charge in [0.05, 0.1) is 6.10 Å². The van der Waals surface area contributed by atoms with E-state index < -0.39 is 0 Å². The summed E-state index contributed by atoms with van der Waals surface area (Å²) in [7, 11) is 0. The lowest BCUT2D eigenvalue weighted by Crippen LogP contribution is -2.40. The Balaban J connectivity index is 1.71. The van der Waals surface area contributed by atoms with Gasteiger partial charge in [-0.2, -0.15) is 0 Å². The lowest BCUT2D eigenvalue weighted by Gasteiger charge is -2.28. The van der Waals surface area contributed by atoms with Gasteiger partial charge in [-0.25, -0.2) is 0 Å². The number of hydrogen-bond acceptors (Lipinski definition) is 2. The van der Waals surface area contributed by atoms with Crippen molar-refractivity contribution in [2.45, 2.75) is 64.9 Å². The van der Waals surface area contributed by atoms with Crippen LogP contribution in [-0.4, -0.2) is 23.7 Å². The molecule has 2 atom stereocenters. The van der Waals surface area contributed by atoms with Crippen molar-refractivity contribution < 1.29 is 9.90 Å². The first-order valence-electron chi connectivity index (χ1n) is 8.97. The predicted molar refractivity (Wildman–Crippen MR) is 94.1 cm³/mol. The quantitative estimate of drug-likeness (QED) is 0.805. The van der Waals surface area contributed by atoms with Crippen LogP contribution >= 0.6 is 0 Å². The van der Waals surface area contributed by atoms with E-state index in [1.807, 2.05) is 19.9 Å². The number of amides is 1. The van der Waals surface area contributed by atoms with E-state index in [4.69, 9.17) is 0 Å². The monoisotopic (exact) mass is 317 g/mol.